The Morgan fingerprint density at radius 2 is 2.00 bits per heavy atom. The molecule has 4 rings (SSSR count). The number of esters is 1. The van der Waals surface area contributed by atoms with Crippen molar-refractivity contribution in [2.24, 2.45) is 0 Å². The Balaban J connectivity index is 1.48. The first-order valence-electron chi connectivity index (χ1n) is 9.56. The van der Waals surface area contributed by atoms with Crippen LogP contribution in [-0.4, -0.2) is 41.2 Å². The van der Waals surface area contributed by atoms with E-state index in [4.69, 9.17) is 4.74 Å². The lowest BCUT2D eigenvalue weighted by atomic mass is 10.0. The van der Waals surface area contributed by atoms with Gasteiger partial charge in [-0.15, -0.1) is 11.3 Å². The molecular weight excluding hydrogens is 388 g/mol. The lowest BCUT2D eigenvalue weighted by Crippen LogP contribution is -2.35. The number of nitrogens with one attached hydrogen (secondary N) is 1. The molecule has 7 heteroatoms. The van der Waals surface area contributed by atoms with Crippen molar-refractivity contribution in [3.63, 3.8) is 0 Å². The third kappa shape index (κ3) is 3.70. The van der Waals surface area contributed by atoms with Gasteiger partial charge in [0.2, 0.25) is 5.91 Å². The number of aromatic nitrogens is 1. The monoisotopic (exact) mass is 410 g/mol. The highest BCUT2D eigenvalue weighted by Crippen LogP contribution is 2.30. The lowest BCUT2D eigenvalue weighted by Gasteiger charge is -2.27. The summed E-state index contributed by atoms with van der Waals surface area (Å²) in [4.78, 5) is 44.0. The molecule has 29 heavy (non-hydrogen) atoms. The molecule has 0 bridgehead atoms. The molecule has 0 saturated heterocycles. The van der Waals surface area contributed by atoms with Crippen LogP contribution >= 0.6 is 11.3 Å². The van der Waals surface area contributed by atoms with E-state index in [9.17, 15) is 14.4 Å². The number of rotatable bonds is 5. The van der Waals surface area contributed by atoms with Crippen LogP contribution in [0.15, 0.2) is 30.3 Å². The molecule has 6 nitrogen and oxygen atoms in total. The van der Waals surface area contributed by atoms with Crippen LogP contribution < -0.4 is 0 Å². The molecule has 0 radical (unpaired) electrons. The Kier molecular flexibility index (Phi) is 5.24. The first-order valence-corrected chi connectivity index (χ1v) is 10.4. The predicted molar refractivity (Wildman–Crippen MR) is 111 cm³/mol. The predicted octanol–water partition coefficient (Wildman–Crippen LogP) is 3.87. The largest absolute Gasteiger partial charge is 0.465 e. The van der Waals surface area contributed by atoms with Crippen LogP contribution in [0.3, 0.4) is 0 Å². The second kappa shape index (κ2) is 7.83. The smallest absolute Gasteiger partial charge is 0.339 e. The summed E-state index contributed by atoms with van der Waals surface area (Å²) in [5.41, 5.74) is 3.33. The molecule has 0 unspecified atom stereocenters. The Morgan fingerprint density at radius 1 is 1.17 bits per heavy atom. The highest BCUT2D eigenvalue weighted by molar-refractivity contribution is 7.14. The number of hydrogen-bond acceptors (Lipinski definition) is 5. The molecule has 1 amide bonds. The highest BCUT2D eigenvalue weighted by atomic mass is 32.1. The van der Waals surface area contributed by atoms with Gasteiger partial charge >= 0.3 is 5.97 Å². The number of ether oxygens (including phenoxy) is 1. The van der Waals surface area contributed by atoms with Crippen molar-refractivity contribution in [3.05, 3.63) is 56.9 Å². The number of methoxy groups -OCH3 is 1. The fourth-order valence-electron chi connectivity index (χ4n) is 3.82. The second-order valence-electron chi connectivity index (χ2n) is 7.20. The van der Waals surface area contributed by atoms with E-state index in [0.29, 0.717) is 30.0 Å². The van der Waals surface area contributed by atoms with Gasteiger partial charge in [0.05, 0.1) is 23.1 Å². The number of para-hydroxylation sites is 1. The summed E-state index contributed by atoms with van der Waals surface area (Å²) in [5.74, 6) is -0.385. The summed E-state index contributed by atoms with van der Waals surface area (Å²) in [5, 5.41) is 0.936. The van der Waals surface area contributed by atoms with E-state index in [-0.39, 0.29) is 30.5 Å². The molecular formula is C22H22N2O4S. The van der Waals surface area contributed by atoms with Crippen LogP contribution in [0, 0.1) is 6.92 Å². The zero-order valence-corrected chi connectivity index (χ0v) is 17.2. The molecule has 2 aromatic heterocycles. The number of Topliss-reactive ketones (excluding diaryl/α,β-unsaturated/α-hetero) is 1. The normalized spacial score (nSPS) is 13.4. The van der Waals surface area contributed by atoms with Crippen LogP contribution in [0.4, 0.5) is 0 Å². The first kappa shape index (κ1) is 19.4. The summed E-state index contributed by atoms with van der Waals surface area (Å²) in [6.45, 7) is 3.04. The summed E-state index contributed by atoms with van der Waals surface area (Å²) < 4.78 is 4.87. The van der Waals surface area contributed by atoms with E-state index in [0.717, 1.165) is 27.0 Å². The van der Waals surface area contributed by atoms with Gasteiger partial charge in [0, 0.05) is 53.9 Å². The Morgan fingerprint density at radius 3 is 2.72 bits per heavy atom. The number of ketones is 1. The van der Waals surface area contributed by atoms with Crippen molar-refractivity contribution in [3.8, 4) is 0 Å². The highest BCUT2D eigenvalue weighted by Gasteiger charge is 2.26. The molecule has 0 atom stereocenters. The molecule has 3 heterocycles. The summed E-state index contributed by atoms with van der Waals surface area (Å²) in [6, 6.07) is 9.26. The van der Waals surface area contributed by atoms with E-state index in [1.807, 2.05) is 31.2 Å². The Hall–Kier alpha value is -2.93. The van der Waals surface area contributed by atoms with E-state index >= 15 is 0 Å². The van der Waals surface area contributed by atoms with Crippen LogP contribution in [0.25, 0.3) is 10.9 Å². The van der Waals surface area contributed by atoms with Crippen LogP contribution in [-0.2, 0) is 22.5 Å². The number of H-pyrrole nitrogens is 1. The van der Waals surface area contributed by atoms with Crippen molar-refractivity contribution in [2.45, 2.75) is 32.7 Å². The van der Waals surface area contributed by atoms with Gasteiger partial charge < -0.3 is 14.6 Å². The van der Waals surface area contributed by atoms with Crippen LogP contribution in [0.2, 0.25) is 0 Å². The number of thiophene rings is 1. The van der Waals surface area contributed by atoms with Gasteiger partial charge in [0.1, 0.15) is 0 Å². The quantitative estimate of drug-likeness (QED) is 0.511. The van der Waals surface area contributed by atoms with Crippen molar-refractivity contribution in [1.82, 2.24) is 9.88 Å². The van der Waals surface area contributed by atoms with Crippen molar-refractivity contribution in [1.29, 1.82) is 0 Å². The van der Waals surface area contributed by atoms with Gasteiger partial charge in [-0.3, -0.25) is 9.59 Å². The number of amides is 1. The number of carbonyl (C=O) groups excluding carboxylic acids is 3. The van der Waals surface area contributed by atoms with E-state index < -0.39 is 0 Å². The molecule has 0 saturated carbocycles. The SMILES string of the molecule is COC(=O)c1cccc2c3c([nH]c12)CCN(C(=O)CCC(=O)c1ccc(C)s1)C3. The molecule has 1 aromatic carbocycles. The maximum Gasteiger partial charge on any atom is 0.339 e. The van der Waals surface area contributed by atoms with Crippen LogP contribution in [0.5, 0.6) is 0 Å². The summed E-state index contributed by atoms with van der Waals surface area (Å²) >= 11 is 1.47. The molecule has 0 aliphatic carbocycles. The number of aromatic amines is 1. The fraction of sp³-hybridized carbons (Fsp3) is 0.318. The van der Waals surface area contributed by atoms with Gasteiger partial charge in [-0.05, 0) is 25.1 Å². The number of fused-ring (bicyclic) bond motifs is 3. The summed E-state index contributed by atoms with van der Waals surface area (Å²) in [7, 11) is 1.36. The second-order valence-corrected chi connectivity index (χ2v) is 8.49. The van der Waals surface area contributed by atoms with Gasteiger partial charge in [0.25, 0.3) is 0 Å². The number of aryl methyl sites for hydroxylation is 1. The van der Waals surface area contributed by atoms with Crippen LogP contribution in [0.1, 0.15) is 49.0 Å². The topological polar surface area (TPSA) is 79.5 Å². The first-order chi connectivity index (χ1) is 14.0. The average Bonchev–Trinajstić information content (AvgIpc) is 3.34. The van der Waals surface area contributed by atoms with E-state index in [2.05, 4.69) is 4.98 Å². The average molecular weight is 410 g/mol. The fourth-order valence-corrected chi connectivity index (χ4v) is 4.65. The molecule has 1 N–H and O–H groups in total. The molecule has 3 aromatic rings. The third-order valence-electron chi connectivity index (χ3n) is 5.35. The van der Waals surface area contributed by atoms with Gasteiger partial charge in [-0.25, -0.2) is 4.79 Å². The Bertz CT molecular complexity index is 1110. The lowest BCUT2D eigenvalue weighted by molar-refractivity contribution is -0.132. The maximum absolute atomic E-state index is 12.7. The van der Waals surface area contributed by atoms with E-state index in [1.54, 1.807) is 11.0 Å². The minimum atomic E-state index is -0.385. The van der Waals surface area contributed by atoms with Gasteiger partial charge in [-0.2, -0.15) is 0 Å². The third-order valence-corrected chi connectivity index (χ3v) is 6.39. The standard InChI is InChI=1S/C22H22N2O4S/c1-13-6-8-19(29-13)18(25)7-9-20(26)24-11-10-17-16(12-24)14-4-3-5-15(21(14)23-17)22(27)28-2/h3-6,8,23H,7,9-12H2,1-2H3. The van der Waals surface area contributed by atoms with Gasteiger partial charge in [0.15, 0.2) is 5.78 Å². The maximum atomic E-state index is 12.7. The minimum Gasteiger partial charge on any atom is -0.465 e. The molecule has 150 valence electrons. The Labute approximate surface area is 172 Å². The molecule has 1 aliphatic heterocycles. The molecule has 0 spiro atoms. The number of benzene rings is 1. The summed E-state index contributed by atoms with van der Waals surface area (Å²) in [6.07, 6.45) is 1.12. The molecule has 1 aliphatic rings. The van der Waals surface area contributed by atoms with Gasteiger partial charge in [-0.1, -0.05) is 12.1 Å². The minimum absolute atomic E-state index is 0.0176. The van der Waals surface area contributed by atoms with Crippen molar-refractivity contribution >= 4 is 39.9 Å². The van der Waals surface area contributed by atoms with Crippen molar-refractivity contribution < 1.29 is 19.1 Å². The molecule has 0 fully saturated rings. The number of nitrogens with zero attached hydrogens (tertiary/aromatic N) is 1. The number of hydrogen-bond donors (Lipinski definition) is 1. The number of carbonyl (C=O) groups is 3. The zero-order valence-electron chi connectivity index (χ0n) is 16.4. The van der Waals surface area contributed by atoms with Crippen molar-refractivity contribution in [2.75, 3.05) is 13.7 Å². The van der Waals surface area contributed by atoms with E-state index in [1.165, 1.54) is 18.4 Å². The zero-order chi connectivity index (χ0) is 20.5.